The van der Waals surface area contributed by atoms with Crippen molar-refractivity contribution in [2.75, 3.05) is 18.0 Å². The maximum atomic E-state index is 12.9. The number of fused-ring (bicyclic) bond motifs is 1. The molecule has 9 nitrogen and oxygen atoms in total. The SMILES string of the molecule is C[C@@H](NC(=O)C1(C)CCN(c2ccc(-c3cc(-c4cnn(C)c4)cn4ncc(C#N)c34)cn2)CC1)C(F)(F)F. The van der Waals surface area contributed by atoms with Gasteiger partial charge >= 0.3 is 6.18 Å². The van der Waals surface area contributed by atoms with Gasteiger partial charge in [-0.1, -0.05) is 6.92 Å². The molecule has 1 fully saturated rings. The Morgan fingerprint density at radius 1 is 1.10 bits per heavy atom. The Hall–Kier alpha value is -4.40. The van der Waals surface area contributed by atoms with E-state index >= 15 is 0 Å². The van der Waals surface area contributed by atoms with Gasteiger partial charge in [0.2, 0.25) is 5.91 Å². The summed E-state index contributed by atoms with van der Waals surface area (Å²) in [6.45, 7) is 3.63. The van der Waals surface area contributed by atoms with Gasteiger partial charge in [-0.05, 0) is 38.0 Å². The summed E-state index contributed by atoms with van der Waals surface area (Å²) in [5, 5.41) is 20.4. The van der Waals surface area contributed by atoms with E-state index in [1.165, 1.54) is 6.20 Å². The zero-order valence-electron chi connectivity index (χ0n) is 21.7. The maximum Gasteiger partial charge on any atom is 0.408 e. The fourth-order valence-electron chi connectivity index (χ4n) is 4.79. The van der Waals surface area contributed by atoms with Gasteiger partial charge in [-0.2, -0.15) is 28.6 Å². The van der Waals surface area contributed by atoms with Gasteiger partial charge in [-0.25, -0.2) is 9.50 Å². The lowest BCUT2D eigenvalue weighted by Gasteiger charge is -2.39. The first-order chi connectivity index (χ1) is 18.5. The van der Waals surface area contributed by atoms with Crippen LogP contribution in [-0.2, 0) is 11.8 Å². The Labute approximate surface area is 222 Å². The predicted molar refractivity (Wildman–Crippen MR) is 139 cm³/mol. The zero-order chi connectivity index (χ0) is 27.9. The topological polar surface area (TPSA) is 104 Å². The molecule has 0 aromatic carbocycles. The molecule has 1 saturated heterocycles. The molecular formula is C27H27F3N8O. The summed E-state index contributed by atoms with van der Waals surface area (Å²) in [4.78, 5) is 19.3. The third-order valence-electron chi connectivity index (χ3n) is 7.41. The van der Waals surface area contributed by atoms with Crippen molar-refractivity contribution in [3.8, 4) is 28.3 Å². The van der Waals surface area contributed by atoms with Crippen LogP contribution in [0.1, 0.15) is 32.3 Å². The van der Waals surface area contributed by atoms with Crippen molar-refractivity contribution in [1.82, 2.24) is 29.7 Å². The molecule has 0 aliphatic carbocycles. The number of halogens is 3. The summed E-state index contributed by atoms with van der Waals surface area (Å²) in [6.07, 6.45) is 5.11. The fourth-order valence-corrected chi connectivity index (χ4v) is 4.79. The lowest BCUT2D eigenvalue weighted by molar-refractivity contribution is -0.161. The summed E-state index contributed by atoms with van der Waals surface area (Å²) < 4.78 is 42.1. The highest BCUT2D eigenvalue weighted by Gasteiger charge is 2.42. The van der Waals surface area contributed by atoms with Crippen LogP contribution in [0, 0.1) is 16.7 Å². The summed E-state index contributed by atoms with van der Waals surface area (Å²) >= 11 is 0. The zero-order valence-corrected chi connectivity index (χ0v) is 21.7. The molecular weight excluding hydrogens is 509 g/mol. The Morgan fingerprint density at radius 3 is 2.44 bits per heavy atom. The van der Waals surface area contributed by atoms with Crippen LogP contribution in [0.3, 0.4) is 0 Å². The van der Waals surface area contributed by atoms with Gasteiger partial charge in [0, 0.05) is 66.4 Å². The number of hydrogen-bond acceptors (Lipinski definition) is 6. The van der Waals surface area contributed by atoms with Crippen LogP contribution in [0.5, 0.6) is 0 Å². The molecule has 5 heterocycles. The highest BCUT2D eigenvalue weighted by Crippen LogP contribution is 2.35. The van der Waals surface area contributed by atoms with E-state index in [-0.39, 0.29) is 0 Å². The molecule has 1 aliphatic rings. The number of carbonyl (C=O) groups excluding carboxylic acids is 1. The van der Waals surface area contributed by atoms with Crippen molar-refractivity contribution < 1.29 is 18.0 Å². The number of aryl methyl sites for hydroxylation is 1. The largest absolute Gasteiger partial charge is 0.408 e. The number of piperidine rings is 1. The van der Waals surface area contributed by atoms with Crippen LogP contribution in [0.15, 0.2) is 49.2 Å². The van der Waals surface area contributed by atoms with Gasteiger partial charge < -0.3 is 10.2 Å². The van der Waals surface area contributed by atoms with E-state index in [1.54, 1.807) is 28.5 Å². The number of nitriles is 1. The number of aromatic nitrogens is 5. The van der Waals surface area contributed by atoms with E-state index in [2.05, 4.69) is 26.6 Å². The molecule has 1 N–H and O–H groups in total. The van der Waals surface area contributed by atoms with Crippen LogP contribution >= 0.6 is 0 Å². The first-order valence-corrected chi connectivity index (χ1v) is 12.5. The second-order valence-electron chi connectivity index (χ2n) is 10.2. The van der Waals surface area contributed by atoms with Crippen molar-refractivity contribution >= 4 is 17.2 Å². The number of carbonyl (C=O) groups is 1. The maximum absolute atomic E-state index is 12.9. The van der Waals surface area contributed by atoms with Crippen molar-refractivity contribution in [2.45, 2.75) is 38.9 Å². The molecule has 39 heavy (non-hydrogen) atoms. The predicted octanol–water partition coefficient (Wildman–Crippen LogP) is 4.34. The van der Waals surface area contributed by atoms with Crippen molar-refractivity contribution in [3.05, 3.63) is 54.7 Å². The first kappa shape index (κ1) is 26.2. The van der Waals surface area contributed by atoms with Crippen LogP contribution in [0.2, 0.25) is 0 Å². The Balaban J connectivity index is 1.37. The smallest absolute Gasteiger partial charge is 0.357 e. The molecule has 12 heteroatoms. The summed E-state index contributed by atoms with van der Waals surface area (Å²) in [6, 6.07) is 6.09. The third-order valence-corrected chi connectivity index (χ3v) is 7.41. The Bertz CT molecular complexity index is 1560. The standard InChI is InChI=1S/C27H27F3N8O/c1-17(27(28,29)30)35-25(39)26(2)6-8-37(9-7-26)23-5-4-18(12-32-23)22-10-19(21-14-33-36(3)15-21)16-38-24(22)20(11-31)13-34-38/h4-5,10,12-17H,6-9H2,1-3H3,(H,35,39)/t17-/m1/s1. The number of pyridine rings is 2. The van der Waals surface area contributed by atoms with Gasteiger partial charge in [0.15, 0.2) is 0 Å². The lowest BCUT2D eigenvalue weighted by atomic mass is 9.79. The average Bonchev–Trinajstić information content (AvgIpc) is 3.54. The molecule has 0 radical (unpaired) electrons. The number of nitrogens with zero attached hydrogens (tertiary/aromatic N) is 7. The summed E-state index contributed by atoms with van der Waals surface area (Å²) in [7, 11) is 1.84. The second kappa shape index (κ2) is 9.72. The van der Waals surface area contributed by atoms with Gasteiger partial charge in [-0.15, -0.1) is 0 Å². The van der Waals surface area contributed by atoms with Gasteiger partial charge in [-0.3, -0.25) is 9.48 Å². The van der Waals surface area contributed by atoms with Gasteiger partial charge in [0.1, 0.15) is 17.9 Å². The molecule has 202 valence electrons. The normalized spacial score (nSPS) is 16.2. The quantitative estimate of drug-likeness (QED) is 0.407. The summed E-state index contributed by atoms with van der Waals surface area (Å²) in [5.41, 5.74) is 3.62. The van der Waals surface area contributed by atoms with E-state index in [4.69, 9.17) is 0 Å². The molecule has 5 rings (SSSR count). The van der Waals surface area contributed by atoms with Crippen LogP contribution in [-0.4, -0.2) is 55.6 Å². The summed E-state index contributed by atoms with van der Waals surface area (Å²) in [5.74, 6) is 0.125. The van der Waals surface area contributed by atoms with E-state index in [1.807, 2.05) is 42.5 Å². The minimum atomic E-state index is -4.48. The number of alkyl halides is 3. The number of hydrogen-bond donors (Lipinski definition) is 1. The van der Waals surface area contributed by atoms with Crippen molar-refractivity contribution in [3.63, 3.8) is 0 Å². The molecule has 4 aromatic heterocycles. The number of nitrogens with one attached hydrogen (secondary N) is 1. The highest BCUT2D eigenvalue weighted by molar-refractivity contribution is 5.87. The monoisotopic (exact) mass is 536 g/mol. The molecule has 4 aromatic rings. The molecule has 0 spiro atoms. The minimum absolute atomic E-state index is 0.405. The van der Waals surface area contributed by atoms with Gasteiger partial charge in [0.05, 0.1) is 23.5 Å². The van der Waals surface area contributed by atoms with Crippen molar-refractivity contribution in [2.24, 2.45) is 12.5 Å². The first-order valence-electron chi connectivity index (χ1n) is 12.5. The number of rotatable bonds is 5. The second-order valence-corrected chi connectivity index (χ2v) is 10.2. The molecule has 1 amide bonds. The number of anilines is 1. The van der Waals surface area contributed by atoms with E-state index < -0.39 is 23.5 Å². The average molecular weight is 537 g/mol. The molecule has 1 atom stereocenters. The van der Waals surface area contributed by atoms with Crippen molar-refractivity contribution in [1.29, 1.82) is 5.26 Å². The van der Waals surface area contributed by atoms with Crippen LogP contribution in [0.25, 0.3) is 27.8 Å². The van der Waals surface area contributed by atoms with E-state index in [0.717, 1.165) is 29.2 Å². The lowest BCUT2D eigenvalue weighted by Crippen LogP contribution is -2.52. The molecule has 0 unspecified atom stereocenters. The number of amides is 1. The fraction of sp³-hybridized carbons (Fsp3) is 0.370. The van der Waals surface area contributed by atoms with Gasteiger partial charge in [0.25, 0.3) is 0 Å². The van der Waals surface area contributed by atoms with E-state index in [0.29, 0.717) is 42.8 Å². The Kier molecular flexibility index (Phi) is 6.54. The molecule has 1 aliphatic heterocycles. The molecule has 0 bridgehead atoms. The minimum Gasteiger partial charge on any atom is -0.357 e. The van der Waals surface area contributed by atoms with E-state index in [9.17, 15) is 23.2 Å². The van der Waals surface area contributed by atoms with Crippen LogP contribution < -0.4 is 10.2 Å². The Morgan fingerprint density at radius 2 is 1.85 bits per heavy atom. The third kappa shape index (κ3) is 5.04. The molecule has 0 saturated carbocycles. The van der Waals surface area contributed by atoms with Crippen LogP contribution in [0.4, 0.5) is 19.0 Å². The highest BCUT2D eigenvalue weighted by atomic mass is 19.4.